The molecule has 1 aromatic rings. The first-order valence-electron chi connectivity index (χ1n) is 6.36. The van der Waals surface area contributed by atoms with Crippen molar-refractivity contribution in [1.29, 1.82) is 0 Å². The molecule has 110 valence electrons. The third-order valence-corrected chi connectivity index (χ3v) is 2.82. The molecule has 6 nitrogen and oxygen atoms in total. The molecule has 1 rings (SSSR count). The molecule has 0 unspecified atom stereocenters. The Labute approximate surface area is 118 Å². The summed E-state index contributed by atoms with van der Waals surface area (Å²) in [5.41, 5.74) is 1.34. The number of aromatic nitrogens is 1. The second kappa shape index (κ2) is 8.27. The number of carbonyl (C=O) groups excluding carboxylic acids is 2. The highest BCUT2D eigenvalue weighted by Crippen LogP contribution is 2.06. The molecule has 6 heteroatoms. The van der Waals surface area contributed by atoms with Gasteiger partial charge in [0.1, 0.15) is 0 Å². The van der Waals surface area contributed by atoms with Gasteiger partial charge in [-0.3, -0.25) is 14.6 Å². The molecule has 0 aliphatic rings. The van der Waals surface area contributed by atoms with Gasteiger partial charge in [0.2, 0.25) is 0 Å². The second-order valence-corrected chi connectivity index (χ2v) is 4.30. The molecular formula is C14H20N2O4. The van der Waals surface area contributed by atoms with Crippen LogP contribution < -0.4 is 0 Å². The molecule has 0 fully saturated rings. The van der Waals surface area contributed by atoms with Gasteiger partial charge in [-0.25, -0.2) is 0 Å². The normalized spacial score (nSPS) is 10.2. The largest absolute Gasteiger partial charge is 0.469 e. The van der Waals surface area contributed by atoms with E-state index in [9.17, 15) is 9.59 Å². The standard InChI is InChI=1S/C14H20N2O4/c1-11-4-5-12(10-15-11)14(18)16(8-9-19-2)7-6-13(17)20-3/h4-5,10H,6-9H2,1-3H3. The first-order valence-corrected chi connectivity index (χ1v) is 6.36. The maximum atomic E-state index is 12.3. The van der Waals surface area contributed by atoms with E-state index in [1.165, 1.54) is 13.3 Å². The zero-order valence-corrected chi connectivity index (χ0v) is 12.1. The molecule has 0 atom stereocenters. The zero-order chi connectivity index (χ0) is 15.0. The van der Waals surface area contributed by atoms with Crippen LogP contribution >= 0.6 is 0 Å². The maximum absolute atomic E-state index is 12.3. The Bertz CT molecular complexity index is 445. The van der Waals surface area contributed by atoms with Gasteiger partial charge in [-0.2, -0.15) is 0 Å². The van der Waals surface area contributed by atoms with Crippen molar-refractivity contribution in [2.24, 2.45) is 0 Å². The molecule has 0 N–H and O–H groups in total. The second-order valence-electron chi connectivity index (χ2n) is 4.30. The minimum absolute atomic E-state index is 0.158. The van der Waals surface area contributed by atoms with Crippen molar-refractivity contribution in [3.63, 3.8) is 0 Å². The van der Waals surface area contributed by atoms with E-state index in [2.05, 4.69) is 9.72 Å². The lowest BCUT2D eigenvalue weighted by molar-refractivity contribution is -0.140. The van der Waals surface area contributed by atoms with E-state index in [-0.39, 0.29) is 18.3 Å². The number of methoxy groups -OCH3 is 2. The molecule has 1 heterocycles. The number of rotatable bonds is 7. The molecule has 1 aromatic heterocycles. The van der Waals surface area contributed by atoms with Crippen molar-refractivity contribution < 1.29 is 19.1 Å². The van der Waals surface area contributed by atoms with Gasteiger partial charge in [0.05, 0.1) is 25.7 Å². The van der Waals surface area contributed by atoms with Crippen molar-refractivity contribution >= 4 is 11.9 Å². The molecule has 20 heavy (non-hydrogen) atoms. The van der Waals surface area contributed by atoms with Crippen LogP contribution in [0.3, 0.4) is 0 Å². The smallest absolute Gasteiger partial charge is 0.307 e. The minimum Gasteiger partial charge on any atom is -0.469 e. The fourth-order valence-corrected chi connectivity index (χ4v) is 1.62. The number of ether oxygens (including phenoxy) is 2. The van der Waals surface area contributed by atoms with Crippen LogP contribution in [0.1, 0.15) is 22.5 Å². The average molecular weight is 280 g/mol. The highest BCUT2D eigenvalue weighted by molar-refractivity contribution is 5.94. The van der Waals surface area contributed by atoms with Gasteiger partial charge >= 0.3 is 5.97 Å². The summed E-state index contributed by atoms with van der Waals surface area (Å²) in [5, 5.41) is 0. The first-order chi connectivity index (χ1) is 9.58. The molecule has 1 amide bonds. The summed E-state index contributed by atoms with van der Waals surface area (Å²) in [4.78, 5) is 29.2. The third-order valence-electron chi connectivity index (χ3n) is 2.82. The molecule has 0 radical (unpaired) electrons. The lowest BCUT2D eigenvalue weighted by atomic mass is 10.2. The van der Waals surface area contributed by atoms with E-state index in [4.69, 9.17) is 4.74 Å². The highest BCUT2D eigenvalue weighted by atomic mass is 16.5. The predicted molar refractivity (Wildman–Crippen MR) is 73.4 cm³/mol. The lowest BCUT2D eigenvalue weighted by Crippen LogP contribution is -2.35. The summed E-state index contributed by atoms with van der Waals surface area (Å²) in [7, 11) is 2.89. The van der Waals surface area contributed by atoms with Crippen LogP contribution in [0.25, 0.3) is 0 Å². The van der Waals surface area contributed by atoms with Crippen molar-refractivity contribution in [3.05, 3.63) is 29.6 Å². The van der Waals surface area contributed by atoms with Crippen LogP contribution in [0.5, 0.6) is 0 Å². The van der Waals surface area contributed by atoms with Gasteiger partial charge in [-0.15, -0.1) is 0 Å². The van der Waals surface area contributed by atoms with Crippen molar-refractivity contribution in [1.82, 2.24) is 9.88 Å². The van der Waals surface area contributed by atoms with E-state index >= 15 is 0 Å². The summed E-state index contributed by atoms with van der Waals surface area (Å²) in [6.45, 7) is 2.98. The Balaban J connectivity index is 2.72. The molecule has 0 saturated carbocycles. The number of carbonyl (C=O) groups is 2. The van der Waals surface area contributed by atoms with Crippen LogP contribution in [0.15, 0.2) is 18.3 Å². The van der Waals surface area contributed by atoms with Crippen LogP contribution in [0.2, 0.25) is 0 Å². The van der Waals surface area contributed by atoms with Gasteiger partial charge in [0.25, 0.3) is 5.91 Å². The van der Waals surface area contributed by atoms with Crippen molar-refractivity contribution in [2.45, 2.75) is 13.3 Å². The van der Waals surface area contributed by atoms with Crippen LogP contribution in [0, 0.1) is 6.92 Å². The Kier molecular flexibility index (Phi) is 6.66. The molecule has 0 bridgehead atoms. The van der Waals surface area contributed by atoms with Crippen LogP contribution in [0.4, 0.5) is 0 Å². The number of esters is 1. The van der Waals surface area contributed by atoms with Crippen LogP contribution in [-0.2, 0) is 14.3 Å². The number of pyridine rings is 1. The topological polar surface area (TPSA) is 68.7 Å². The Hall–Kier alpha value is -1.95. The van der Waals surface area contributed by atoms with Gasteiger partial charge in [-0.05, 0) is 19.1 Å². The third kappa shape index (κ3) is 4.97. The summed E-state index contributed by atoms with van der Waals surface area (Å²) < 4.78 is 9.57. The monoisotopic (exact) mass is 280 g/mol. The molecule has 0 aromatic carbocycles. The molecule has 0 spiro atoms. The lowest BCUT2D eigenvalue weighted by Gasteiger charge is -2.21. The van der Waals surface area contributed by atoms with Gasteiger partial charge in [0.15, 0.2) is 0 Å². The number of aryl methyl sites for hydroxylation is 1. The summed E-state index contributed by atoms with van der Waals surface area (Å²) >= 11 is 0. The SMILES string of the molecule is COCCN(CCC(=O)OC)C(=O)c1ccc(C)nc1. The summed E-state index contributed by atoms with van der Waals surface area (Å²) in [6.07, 6.45) is 1.70. The predicted octanol–water partition coefficient (Wildman–Crippen LogP) is 1.04. The summed E-state index contributed by atoms with van der Waals surface area (Å²) in [6, 6.07) is 3.50. The Morgan fingerprint density at radius 1 is 1.25 bits per heavy atom. The van der Waals surface area contributed by atoms with E-state index in [1.807, 2.05) is 6.92 Å². The molecule has 0 aliphatic carbocycles. The Morgan fingerprint density at radius 2 is 2.00 bits per heavy atom. The Morgan fingerprint density at radius 3 is 2.55 bits per heavy atom. The quantitative estimate of drug-likeness (QED) is 0.698. The van der Waals surface area contributed by atoms with E-state index in [1.54, 1.807) is 24.1 Å². The highest BCUT2D eigenvalue weighted by Gasteiger charge is 2.17. The fraction of sp³-hybridized carbons (Fsp3) is 0.500. The van der Waals surface area contributed by atoms with Crippen molar-refractivity contribution in [2.75, 3.05) is 33.9 Å². The zero-order valence-electron chi connectivity index (χ0n) is 12.1. The number of hydrogen-bond donors (Lipinski definition) is 0. The minimum atomic E-state index is -0.345. The maximum Gasteiger partial charge on any atom is 0.307 e. The number of amides is 1. The van der Waals surface area contributed by atoms with Crippen LogP contribution in [-0.4, -0.2) is 55.7 Å². The average Bonchev–Trinajstić information content (AvgIpc) is 2.47. The number of hydrogen-bond acceptors (Lipinski definition) is 5. The number of nitrogens with zero attached hydrogens (tertiary/aromatic N) is 2. The fourth-order valence-electron chi connectivity index (χ4n) is 1.62. The molecular weight excluding hydrogens is 260 g/mol. The van der Waals surface area contributed by atoms with E-state index in [0.717, 1.165) is 5.69 Å². The summed E-state index contributed by atoms with van der Waals surface area (Å²) in [5.74, 6) is -0.513. The van der Waals surface area contributed by atoms with E-state index in [0.29, 0.717) is 25.3 Å². The molecule has 0 aliphatic heterocycles. The van der Waals surface area contributed by atoms with Crippen molar-refractivity contribution in [3.8, 4) is 0 Å². The first kappa shape index (κ1) is 16.1. The van der Waals surface area contributed by atoms with E-state index < -0.39 is 0 Å². The van der Waals surface area contributed by atoms with Gasteiger partial charge < -0.3 is 14.4 Å². The molecule has 0 saturated heterocycles. The van der Waals surface area contributed by atoms with Gasteiger partial charge in [0, 0.05) is 32.1 Å². The van der Waals surface area contributed by atoms with Gasteiger partial charge in [-0.1, -0.05) is 0 Å².